The van der Waals surface area contributed by atoms with Crippen LogP contribution >= 0.6 is 19.8 Å². The van der Waals surface area contributed by atoms with E-state index in [1.165, 1.54) is 48.5 Å². The molecule has 3 amide bonds. The maximum absolute atomic E-state index is 13.8. The van der Waals surface area contributed by atoms with Gasteiger partial charge in [0, 0.05) is 5.39 Å². The molecule has 0 bridgehead atoms. The zero-order valence-electron chi connectivity index (χ0n) is 22.5. The van der Waals surface area contributed by atoms with Crippen LogP contribution in [0.4, 0.5) is 24.2 Å². The molecule has 0 unspecified atom stereocenters. The van der Waals surface area contributed by atoms with Gasteiger partial charge in [0.05, 0.1) is 0 Å². The molecule has 2 aromatic carbocycles. The molecule has 3 aromatic rings. The fraction of sp³-hybridized carbons (Fsp3) is 0.346. The summed E-state index contributed by atoms with van der Waals surface area (Å²) < 4.78 is 37.5. The van der Waals surface area contributed by atoms with Gasteiger partial charge in [0.1, 0.15) is 5.82 Å². The van der Waals surface area contributed by atoms with E-state index in [0.717, 1.165) is 0 Å². The molecule has 0 radical (unpaired) electrons. The molecule has 0 fully saturated rings. The van der Waals surface area contributed by atoms with Crippen LogP contribution in [0, 0.1) is 17.0 Å². The first-order valence-electron chi connectivity index (χ1n) is 12.4. The second-order valence-corrected chi connectivity index (χ2v) is 12.0. The summed E-state index contributed by atoms with van der Waals surface area (Å²) in [4.78, 5) is 58.7. The number of anilines is 1. The molecule has 224 valence electrons. The number of likely N-dealkylation sites (N-methyl/N-ethyl adjacent to an activating group) is 1. The molecule has 1 aromatic heterocycles. The topological polar surface area (TPSA) is 153 Å². The van der Waals surface area contributed by atoms with Crippen LogP contribution in [0.3, 0.4) is 0 Å². The number of nitrogens with zero attached hydrogens (tertiary/aromatic N) is 2. The van der Waals surface area contributed by atoms with Gasteiger partial charge in [-0.05, 0) is 24.3 Å². The number of benzene rings is 2. The third-order valence-corrected chi connectivity index (χ3v) is 7.05. The number of carbonyl (C=O) groups excluding carboxylic acids is 2. The molecule has 1 atom stereocenters. The van der Waals surface area contributed by atoms with E-state index in [-0.39, 0.29) is 37.0 Å². The monoisotopic (exact) mass is 616 g/mol. The fourth-order valence-corrected chi connectivity index (χ4v) is 4.71. The Labute approximate surface area is 240 Å². The number of hydrogen-bond donors (Lipinski definition) is 5. The van der Waals surface area contributed by atoms with E-state index in [0.29, 0.717) is 16.3 Å². The molecule has 0 aliphatic rings. The average molecular weight is 617 g/mol. The number of carbonyl (C=O) groups is 2. The average Bonchev–Trinajstić information content (AvgIpc) is 2.89. The van der Waals surface area contributed by atoms with Crippen molar-refractivity contribution in [2.45, 2.75) is 32.9 Å². The summed E-state index contributed by atoms with van der Waals surface area (Å²) in [7, 11) is -3.34. The van der Waals surface area contributed by atoms with E-state index in [2.05, 4.69) is 15.6 Å². The Morgan fingerprint density at radius 2 is 1.88 bits per heavy atom. The van der Waals surface area contributed by atoms with Gasteiger partial charge < -0.3 is 0 Å². The minimum absolute atomic E-state index is 0.0811. The molecule has 3 rings (SSSR count). The first-order chi connectivity index (χ1) is 19.1. The number of pyridine rings is 1. The number of halogens is 3. The second kappa shape index (κ2) is 13.6. The number of ether oxygens (including phenoxy) is 1. The van der Waals surface area contributed by atoms with Crippen molar-refractivity contribution in [2.75, 3.05) is 25.6 Å². The number of urea groups is 1. The molecule has 0 saturated carbocycles. The number of fused-ring (bicyclic) bond motifs is 1. The molecule has 0 spiro atoms. The van der Waals surface area contributed by atoms with Gasteiger partial charge in [-0.25, -0.2) is 8.78 Å². The van der Waals surface area contributed by atoms with Crippen LogP contribution in [-0.4, -0.2) is 63.0 Å². The zero-order chi connectivity index (χ0) is 30.4. The van der Waals surface area contributed by atoms with Gasteiger partial charge in [-0.3, -0.25) is 0 Å². The van der Waals surface area contributed by atoms with Crippen LogP contribution in [0.15, 0.2) is 48.7 Å². The number of amides is 3. The molecule has 1 heterocycles. The quantitative estimate of drug-likeness (QED) is 0.194. The van der Waals surface area contributed by atoms with E-state index >= 15 is 0 Å². The maximum atomic E-state index is 13.8. The molecule has 11 nitrogen and oxygen atoms in total. The summed E-state index contributed by atoms with van der Waals surface area (Å²) in [6, 6.07) is 8.45. The van der Waals surface area contributed by atoms with Crippen LogP contribution in [0.25, 0.3) is 10.8 Å². The Morgan fingerprint density at radius 1 is 1.15 bits per heavy atom. The van der Waals surface area contributed by atoms with Crippen LogP contribution < -0.4 is 10.6 Å². The summed E-state index contributed by atoms with van der Waals surface area (Å²) in [5, 5.41) is 6.15. The van der Waals surface area contributed by atoms with Gasteiger partial charge in [0.2, 0.25) is 0 Å². The first kappa shape index (κ1) is 32.3. The van der Waals surface area contributed by atoms with Crippen LogP contribution in [-0.2, 0) is 15.8 Å². The summed E-state index contributed by atoms with van der Waals surface area (Å²) in [6.07, 6.45) is 0.703. The molecular formula is C26H32ClF2N4O7P. The van der Waals surface area contributed by atoms with Crippen LogP contribution in [0.2, 0.25) is 5.02 Å². The Bertz CT molecular complexity index is 1390. The SMILES string of the molecule is CN(C(=O)NCc1cccc(F)c1Cl)[C@H](COC(=O)Nc1cc2cc(F)ccc2cn1)CC(C)(C)CO[PH](O)(O)O. The Morgan fingerprint density at radius 3 is 2.59 bits per heavy atom. The van der Waals surface area contributed by atoms with Gasteiger partial charge in [0.15, 0.2) is 0 Å². The van der Waals surface area contributed by atoms with E-state index in [1.807, 2.05) is 0 Å². The van der Waals surface area contributed by atoms with E-state index in [4.69, 9.17) is 20.9 Å². The Kier molecular flexibility index (Phi) is 10.8. The van der Waals surface area contributed by atoms with E-state index in [1.54, 1.807) is 26.0 Å². The number of rotatable bonds is 11. The third-order valence-electron chi connectivity index (χ3n) is 6.10. The number of nitrogens with one attached hydrogen (secondary N) is 2. The fourth-order valence-electron chi connectivity index (χ4n) is 3.94. The predicted octanol–water partition coefficient (Wildman–Crippen LogP) is 4.74. The van der Waals surface area contributed by atoms with Crippen molar-refractivity contribution in [1.29, 1.82) is 0 Å². The van der Waals surface area contributed by atoms with Crippen molar-refractivity contribution in [3.63, 3.8) is 0 Å². The molecule has 5 N–H and O–H groups in total. The summed E-state index contributed by atoms with van der Waals surface area (Å²) >= 11 is 5.97. The van der Waals surface area contributed by atoms with E-state index < -0.39 is 43.4 Å². The van der Waals surface area contributed by atoms with Crippen LogP contribution in [0.5, 0.6) is 0 Å². The van der Waals surface area contributed by atoms with Crippen molar-refractivity contribution in [3.8, 4) is 0 Å². The summed E-state index contributed by atoms with van der Waals surface area (Å²) in [5.41, 5.74) is -0.478. The van der Waals surface area contributed by atoms with Gasteiger partial charge in [-0.1, -0.05) is 0 Å². The van der Waals surface area contributed by atoms with Gasteiger partial charge in [-0.15, -0.1) is 0 Å². The number of hydrogen-bond acceptors (Lipinski definition) is 8. The van der Waals surface area contributed by atoms with Crippen molar-refractivity contribution >= 4 is 48.5 Å². The molecule has 0 aliphatic carbocycles. The summed E-state index contributed by atoms with van der Waals surface area (Å²) in [5.74, 6) is -0.962. The molecular weight excluding hydrogens is 585 g/mol. The standard InChI is InChI=1S/C26H32ClF2N4O7P/c1-26(2,15-40-41(36,37)38)11-20(33(3)24(34)31-13-17-5-4-6-21(29)23(17)27)14-39-25(35)32-22-10-18-9-19(28)8-7-16(18)12-30-22/h4-10,12,20,36-38,41H,11,13-15H2,1-3H3,(H,31,34)(H,30,32,35)/t20-/m0/s1. The van der Waals surface area contributed by atoms with Crippen molar-refractivity contribution in [2.24, 2.45) is 5.41 Å². The van der Waals surface area contributed by atoms with Gasteiger partial charge >= 0.3 is 196 Å². The molecule has 0 saturated heterocycles. The Balaban J connectivity index is 1.69. The summed E-state index contributed by atoms with van der Waals surface area (Å²) in [6.45, 7) is 2.72. The number of aromatic nitrogens is 1. The van der Waals surface area contributed by atoms with Crippen molar-refractivity contribution < 1.29 is 42.3 Å². The third kappa shape index (κ3) is 9.99. The van der Waals surface area contributed by atoms with Crippen molar-refractivity contribution in [1.82, 2.24) is 15.2 Å². The predicted molar refractivity (Wildman–Crippen MR) is 151 cm³/mol. The first-order valence-corrected chi connectivity index (χ1v) is 14.5. The minimum atomic E-state index is -4.79. The molecule has 15 heteroatoms. The Hall–Kier alpha value is -3.19. The van der Waals surface area contributed by atoms with Gasteiger partial charge in [0.25, 0.3) is 0 Å². The normalized spacial score (nSPS) is 13.0. The van der Waals surface area contributed by atoms with Crippen molar-refractivity contribution in [3.05, 3.63) is 70.9 Å². The second-order valence-electron chi connectivity index (χ2n) is 10.2. The van der Waals surface area contributed by atoms with Gasteiger partial charge in [-0.2, -0.15) is 0 Å². The molecule has 41 heavy (non-hydrogen) atoms. The van der Waals surface area contributed by atoms with E-state index in [9.17, 15) is 33.1 Å². The molecule has 0 aliphatic heterocycles. The zero-order valence-corrected chi connectivity index (χ0v) is 24.3. The van der Waals surface area contributed by atoms with Crippen LogP contribution in [0.1, 0.15) is 25.8 Å².